The standard InChI is InChI=1S/C7H5IN2/c8-10-7(9-10)6-4-2-1-3-5-6/h1-5H. The predicted molar refractivity (Wildman–Crippen MR) is 48.8 cm³/mol. The number of hydrogen-bond acceptors (Lipinski definition) is 2. The maximum atomic E-state index is 4.06. The van der Waals surface area contributed by atoms with Crippen molar-refractivity contribution in [2.24, 2.45) is 5.10 Å². The third-order valence-corrected chi connectivity index (χ3v) is 2.02. The maximum absolute atomic E-state index is 4.06. The molecule has 0 aromatic heterocycles. The van der Waals surface area contributed by atoms with Crippen LogP contribution in [0, 0.1) is 0 Å². The first-order valence-electron chi connectivity index (χ1n) is 2.98. The Labute approximate surface area is 73.0 Å². The fourth-order valence-corrected chi connectivity index (χ4v) is 1.30. The molecule has 0 N–H and O–H groups in total. The number of benzene rings is 1. The highest BCUT2D eigenvalue weighted by atomic mass is 127. The van der Waals surface area contributed by atoms with Crippen LogP contribution in [0.15, 0.2) is 35.4 Å². The number of rotatable bonds is 1. The Morgan fingerprint density at radius 3 is 2.30 bits per heavy atom. The lowest BCUT2D eigenvalue weighted by Crippen LogP contribution is -1.91. The molecule has 2 nitrogen and oxygen atoms in total. The summed E-state index contributed by atoms with van der Waals surface area (Å²) in [6, 6.07) is 10.1. The maximum Gasteiger partial charge on any atom is 0.187 e. The Bertz CT molecular complexity index is 268. The van der Waals surface area contributed by atoms with E-state index in [1.807, 2.05) is 21.4 Å². The highest BCUT2D eigenvalue weighted by Crippen LogP contribution is 2.21. The average molecular weight is 244 g/mol. The van der Waals surface area contributed by atoms with Gasteiger partial charge in [-0.15, -0.1) is 5.10 Å². The molecule has 0 aliphatic carbocycles. The van der Waals surface area contributed by atoms with Crippen LogP contribution in [0.4, 0.5) is 0 Å². The Morgan fingerprint density at radius 2 is 1.80 bits per heavy atom. The van der Waals surface area contributed by atoms with Gasteiger partial charge < -0.3 is 0 Å². The molecule has 0 atom stereocenters. The second-order valence-corrected chi connectivity index (χ2v) is 2.96. The molecule has 1 aliphatic rings. The van der Waals surface area contributed by atoms with Gasteiger partial charge >= 0.3 is 0 Å². The van der Waals surface area contributed by atoms with Crippen LogP contribution in [0.2, 0.25) is 0 Å². The molecule has 0 unspecified atom stereocenters. The van der Waals surface area contributed by atoms with Crippen molar-refractivity contribution in [1.82, 2.24) is 3.22 Å². The largest absolute Gasteiger partial charge is 0.187 e. The van der Waals surface area contributed by atoms with Crippen molar-refractivity contribution in [1.29, 1.82) is 0 Å². The van der Waals surface area contributed by atoms with Crippen LogP contribution in [0.25, 0.3) is 0 Å². The van der Waals surface area contributed by atoms with Gasteiger partial charge in [-0.05, 0) is 0 Å². The third kappa shape index (κ3) is 1.01. The van der Waals surface area contributed by atoms with Gasteiger partial charge in [-0.25, -0.2) is 0 Å². The van der Waals surface area contributed by atoms with Gasteiger partial charge in [-0.1, -0.05) is 30.3 Å². The number of amidine groups is 1. The molecular weight excluding hydrogens is 239 g/mol. The van der Waals surface area contributed by atoms with E-state index in [9.17, 15) is 0 Å². The summed E-state index contributed by atoms with van der Waals surface area (Å²) in [4.78, 5) is 0. The molecule has 0 bridgehead atoms. The monoisotopic (exact) mass is 244 g/mol. The molecule has 0 saturated carbocycles. The normalized spacial score (nSPS) is 14.9. The Kier molecular flexibility index (Phi) is 1.37. The second-order valence-electron chi connectivity index (χ2n) is 2.05. The molecule has 0 fully saturated rings. The van der Waals surface area contributed by atoms with Gasteiger partial charge in [0.2, 0.25) is 0 Å². The zero-order chi connectivity index (χ0) is 6.97. The summed E-state index contributed by atoms with van der Waals surface area (Å²) < 4.78 is 1.84. The Morgan fingerprint density at radius 1 is 1.20 bits per heavy atom. The lowest BCUT2D eigenvalue weighted by atomic mass is 10.2. The van der Waals surface area contributed by atoms with Gasteiger partial charge in [0.25, 0.3) is 0 Å². The molecular formula is C7H5IN2. The molecule has 0 saturated heterocycles. The minimum absolute atomic E-state index is 1.07. The first-order chi connectivity index (χ1) is 4.88. The predicted octanol–water partition coefficient (Wildman–Crippen LogP) is 2.01. The Balaban J connectivity index is 2.29. The fraction of sp³-hybridized carbons (Fsp3) is 0. The van der Waals surface area contributed by atoms with E-state index in [0.717, 1.165) is 5.84 Å². The van der Waals surface area contributed by atoms with Crippen molar-refractivity contribution in [3.8, 4) is 0 Å². The molecule has 1 aromatic carbocycles. The van der Waals surface area contributed by atoms with Gasteiger partial charge in [0.05, 0.1) is 22.9 Å². The van der Waals surface area contributed by atoms with Crippen molar-refractivity contribution >= 4 is 28.7 Å². The average Bonchev–Trinajstić information content (AvgIpc) is 2.69. The molecule has 1 aliphatic heterocycles. The lowest BCUT2D eigenvalue weighted by molar-refractivity contribution is 0.986. The molecule has 1 heterocycles. The second kappa shape index (κ2) is 2.23. The summed E-state index contributed by atoms with van der Waals surface area (Å²) in [7, 11) is 0. The Hall–Kier alpha value is -0.580. The minimum Gasteiger partial charge on any atom is -0.181 e. The van der Waals surface area contributed by atoms with Gasteiger partial charge in [-0.3, -0.25) is 0 Å². The van der Waals surface area contributed by atoms with Crippen LogP contribution in [-0.2, 0) is 0 Å². The molecule has 10 heavy (non-hydrogen) atoms. The summed E-state index contributed by atoms with van der Waals surface area (Å²) in [5.74, 6) is 1.07. The van der Waals surface area contributed by atoms with Crippen LogP contribution in [0.5, 0.6) is 0 Å². The molecule has 1 aromatic rings. The van der Waals surface area contributed by atoms with Gasteiger partial charge in [0.15, 0.2) is 5.84 Å². The summed E-state index contributed by atoms with van der Waals surface area (Å²) in [5.41, 5.74) is 1.19. The quantitative estimate of drug-likeness (QED) is 0.545. The van der Waals surface area contributed by atoms with Crippen molar-refractivity contribution in [2.75, 3.05) is 0 Å². The summed E-state index contributed by atoms with van der Waals surface area (Å²) in [6.07, 6.45) is 0. The number of hydrazone groups is 1. The number of halogens is 1. The molecule has 0 radical (unpaired) electrons. The number of hydrogen-bond donors (Lipinski definition) is 0. The van der Waals surface area contributed by atoms with Crippen molar-refractivity contribution in [2.45, 2.75) is 0 Å². The fourth-order valence-electron chi connectivity index (χ4n) is 0.812. The van der Waals surface area contributed by atoms with E-state index in [-0.39, 0.29) is 0 Å². The topological polar surface area (TPSA) is 15.4 Å². The van der Waals surface area contributed by atoms with Crippen LogP contribution in [0.1, 0.15) is 5.56 Å². The molecule has 2 rings (SSSR count). The molecule has 0 spiro atoms. The van der Waals surface area contributed by atoms with Gasteiger partial charge in [-0.2, -0.15) is 3.22 Å². The molecule has 50 valence electrons. The SMILES string of the molecule is IN1N=C1c1ccccc1. The van der Waals surface area contributed by atoms with E-state index in [2.05, 4.69) is 40.1 Å². The van der Waals surface area contributed by atoms with Crippen LogP contribution in [-0.4, -0.2) is 9.06 Å². The van der Waals surface area contributed by atoms with E-state index < -0.39 is 0 Å². The highest BCUT2D eigenvalue weighted by molar-refractivity contribution is 14.1. The van der Waals surface area contributed by atoms with E-state index in [1.165, 1.54) is 5.56 Å². The van der Waals surface area contributed by atoms with E-state index in [0.29, 0.717) is 0 Å². The van der Waals surface area contributed by atoms with Crippen molar-refractivity contribution in [3.63, 3.8) is 0 Å². The first kappa shape index (κ1) is 6.15. The zero-order valence-electron chi connectivity index (χ0n) is 5.16. The van der Waals surface area contributed by atoms with E-state index in [4.69, 9.17) is 0 Å². The highest BCUT2D eigenvalue weighted by Gasteiger charge is 2.21. The number of nitrogens with zero attached hydrogens (tertiary/aromatic N) is 2. The smallest absolute Gasteiger partial charge is 0.181 e. The van der Waals surface area contributed by atoms with Gasteiger partial charge in [0.1, 0.15) is 0 Å². The summed E-state index contributed by atoms with van der Waals surface area (Å²) in [5, 5.41) is 4.06. The van der Waals surface area contributed by atoms with E-state index in [1.54, 1.807) is 0 Å². The van der Waals surface area contributed by atoms with Crippen molar-refractivity contribution < 1.29 is 0 Å². The summed E-state index contributed by atoms with van der Waals surface area (Å²) >= 11 is 2.15. The molecule has 3 heteroatoms. The van der Waals surface area contributed by atoms with Crippen LogP contribution in [0.3, 0.4) is 0 Å². The summed E-state index contributed by atoms with van der Waals surface area (Å²) in [6.45, 7) is 0. The zero-order valence-corrected chi connectivity index (χ0v) is 7.32. The van der Waals surface area contributed by atoms with Crippen LogP contribution < -0.4 is 0 Å². The minimum atomic E-state index is 1.07. The van der Waals surface area contributed by atoms with Crippen LogP contribution >= 0.6 is 22.9 Å². The molecule has 0 amide bonds. The van der Waals surface area contributed by atoms with Crippen molar-refractivity contribution in [3.05, 3.63) is 35.9 Å². The van der Waals surface area contributed by atoms with Gasteiger partial charge in [0, 0.05) is 5.56 Å². The third-order valence-electron chi connectivity index (χ3n) is 1.35. The first-order valence-corrected chi connectivity index (χ1v) is 3.94. The lowest BCUT2D eigenvalue weighted by Gasteiger charge is -1.88. The van der Waals surface area contributed by atoms with E-state index >= 15 is 0 Å².